The minimum atomic E-state index is -0.480. The molecule has 4 N–H and O–H groups in total. The molecule has 4 unspecified atom stereocenters. The fourth-order valence-corrected chi connectivity index (χ4v) is 4.47. The van der Waals surface area contributed by atoms with Crippen molar-refractivity contribution in [1.29, 1.82) is 0 Å². The van der Waals surface area contributed by atoms with Crippen LogP contribution in [0.1, 0.15) is 130 Å². The Balaban J connectivity index is 5.35. The number of hydrogen-bond acceptors (Lipinski definition) is 6. The number of aliphatic hydroxyl groups is 4. The highest BCUT2D eigenvalue weighted by Gasteiger charge is 2.25. The molecule has 0 bridgehead atoms. The minimum absolute atomic E-state index is 0.428. The summed E-state index contributed by atoms with van der Waals surface area (Å²) in [4.78, 5) is 0. The maximum absolute atomic E-state index is 10.8. The highest BCUT2D eigenvalue weighted by molar-refractivity contribution is 4.74. The van der Waals surface area contributed by atoms with Crippen molar-refractivity contribution in [3.05, 3.63) is 0 Å². The van der Waals surface area contributed by atoms with Crippen molar-refractivity contribution in [1.82, 2.24) is 10.0 Å². The van der Waals surface area contributed by atoms with E-state index in [1.807, 2.05) is 10.0 Å². The Hall–Kier alpha value is -0.240. The van der Waals surface area contributed by atoms with Crippen molar-refractivity contribution in [2.24, 2.45) is 0 Å². The van der Waals surface area contributed by atoms with Gasteiger partial charge < -0.3 is 20.4 Å². The van der Waals surface area contributed by atoms with Gasteiger partial charge in [-0.2, -0.15) is 0 Å². The Morgan fingerprint density at radius 3 is 0.765 bits per heavy atom. The van der Waals surface area contributed by atoms with Gasteiger partial charge in [-0.1, -0.05) is 105 Å². The summed E-state index contributed by atoms with van der Waals surface area (Å²) >= 11 is 0. The van der Waals surface area contributed by atoms with Crippen LogP contribution in [0.5, 0.6) is 0 Å². The zero-order chi connectivity index (χ0) is 25.6. The summed E-state index contributed by atoms with van der Waals surface area (Å²) in [6, 6.07) is 0. The van der Waals surface area contributed by atoms with E-state index in [1.165, 1.54) is 0 Å². The Kier molecular flexibility index (Phi) is 23.0. The molecular formula is C28H60N2O4. The molecule has 0 aliphatic heterocycles. The highest BCUT2D eigenvalue weighted by Crippen LogP contribution is 2.15. The normalized spacial score (nSPS) is 15.7. The van der Waals surface area contributed by atoms with Crippen LogP contribution >= 0.6 is 0 Å². The number of unbranched alkanes of at least 4 members (excludes halogenated alkanes) is 8. The molecular weight excluding hydrogens is 428 g/mol. The zero-order valence-corrected chi connectivity index (χ0v) is 23.1. The molecule has 206 valence electrons. The van der Waals surface area contributed by atoms with Crippen molar-refractivity contribution in [2.75, 3.05) is 26.2 Å². The molecule has 0 radical (unpaired) electrons. The Morgan fingerprint density at radius 1 is 0.382 bits per heavy atom. The largest absolute Gasteiger partial charge is 0.392 e. The molecule has 0 aromatic rings. The van der Waals surface area contributed by atoms with E-state index in [2.05, 4.69) is 27.7 Å². The van der Waals surface area contributed by atoms with Crippen molar-refractivity contribution < 1.29 is 20.4 Å². The molecule has 0 heterocycles. The zero-order valence-electron chi connectivity index (χ0n) is 23.1. The van der Waals surface area contributed by atoms with E-state index >= 15 is 0 Å². The number of aliphatic hydroxyl groups excluding tert-OH is 4. The van der Waals surface area contributed by atoms with Gasteiger partial charge in [0.05, 0.1) is 24.4 Å². The lowest BCUT2D eigenvalue weighted by atomic mass is 10.1. The molecule has 0 aromatic heterocycles. The van der Waals surface area contributed by atoms with Gasteiger partial charge in [0.2, 0.25) is 0 Å². The Bertz CT molecular complexity index is 353. The van der Waals surface area contributed by atoms with E-state index in [0.29, 0.717) is 26.2 Å². The standard InChI is InChI=1S/C28H60N2O4/c1-5-9-13-17-25(31)21-29(22-26(32)18-14-10-6-2)30(23-27(33)19-15-11-7-3)24-28(34)20-16-12-8-4/h25-28,31-34H,5-24H2,1-4H3. The lowest BCUT2D eigenvalue weighted by molar-refractivity contribution is -0.111. The first-order valence-corrected chi connectivity index (χ1v) is 14.6. The van der Waals surface area contributed by atoms with Crippen molar-refractivity contribution in [3.8, 4) is 0 Å². The molecule has 0 saturated carbocycles. The van der Waals surface area contributed by atoms with E-state index in [0.717, 1.165) is 103 Å². The topological polar surface area (TPSA) is 87.4 Å². The molecule has 0 amide bonds. The predicted molar refractivity (Wildman–Crippen MR) is 144 cm³/mol. The van der Waals surface area contributed by atoms with Crippen LogP contribution in [0, 0.1) is 0 Å². The molecule has 6 nitrogen and oxygen atoms in total. The van der Waals surface area contributed by atoms with E-state index in [-0.39, 0.29) is 0 Å². The number of rotatable bonds is 25. The van der Waals surface area contributed by atoms with Gasteiger partial charge >= 0.3 is 0 Å². The molecule has 0 aromatic carbocycles. The molecule has 0 rings (SSSR count). The van der Waals surface area contributed by atoms with E-state index in [9.17, 15) is 20.4 Å². The van der Waals surface area contributed by atoms with Crippen LogP contribution in [0.15, 0.2) is 0 Å². The molecule has 0 aliphatic rings. The van der Waals surface area contributed by atoms with E-state index in [1.54, 1.807) is 0 Å². The van der Waals surface area contributed by atoms with Crippen LogP contribution in [0.3, 0.4) is 0 Å². The van der Waals surface area contributed by atoms with E-state index < -0.39 is 24.4 Å². The predicted octanol–water partition coefficient (Wildman–Crippen LogP) is 5.27. The van der Waals surface area contributed by atoms with Gasteiger partial charge in [-0.05, 0) is 25.7 Å². The quantitative estimate of drug-likeness (QED) is 0.103. The monoisotopic (exact) mass is 488 g/mol. The van der Waals surface area contributed by atoms with Crippen LogP contribution in [0.2, 0.25) is 0 Å². The lowest BCUT2D eigenvalue weighted by Gasteiger charge is -2.39. The van der Waals surface area contributed by atoms with Gasteiger partial charge in [-0.25, -0.2) is 10.0 Å². The molecule has 6 heteroatoms. The lowest BCUT2D eigenvalue weighted by Crippen LogP contribution is -2.54. The third-order valence-corrected chi connectivity index (χ3v) is 6.65. The van der Waals surface area contributed by atoms with Crippen LogP contribution in [0.25, 0.3) is 0 Å². The minimum Gasteiger partial charge on any atom is -0.392 e. The summed E-state index contributed by atoms with van der Waals surface area (Å²) in [5.74, 6) is 0. The van der Waals surface area contributed by atoms with Gasteiger partial charge in [0, 0.05) is 26.2 Å². The smallest absolute Gasteiger partial charge is 0.0681 e. The first-order valence-electron chi connectivity index (χ1n) is 14.6. The van der Waals surface area contributed by atoms with Crippen LogP contribution in [-0.2, 0) is 0 Å². The summed E-state index contributed by atoms with van der Waals surface area (Å²) in [5, 5.41) is 47.1. The average molecular weight is 489 g/mol. The summed E-state index contributed by atoms with van der Waals surface area (Å²) < 4.78 is 0. The molecule has 0 aliphatic carbocycles. The summed E-state index contributed by atoms with van der Waals surface area (Å²) in [6.07, 6.45) is 13.9. The van der Waals surface area contributed by atoms with Crippen molar-refractivity contribution >= 4 is 0 Å². The molecule has 4 atom stereocenters. The fraction of sp³-hybridized carbons (Fsp3) is 1.00. The SMILES string of the molecule is CCCCCC(O)CN(CC(O)CCCCC)N(CC(O)CCCCC)CC(O)CCCCC. The second kappa shape index (κ2) is 23.2. The summed E-state index contributed by atoms with van der Waals surface area (Å²) in [5.41, 5.74) is 0. The molecule has 0 saturated heterocycles. The fourth-order valence-electron chi connectivity index (χ4n) is 4.47. The summed E-state index contributed by atoms with van der Waals surface area (Å²) in [6.45, 7) is 10.4. The second-order valence-corrected chi connectivity index (χ2v) is 10.3. The van der Waals surface area contributed by atoms with Crippen molar-refractivity contribution in [3.63, 3.8) is 0 Å². The first kappa shape index (κ1) is 33.8. The Labute approximate surface area is 211 Å². The van der Waals surface area contributed by atoms with Crippen molar-refractivity contribution in [2.45, 2.75) is 155 Å². The number of hydrogen-bond donors (Lipinski definition) is 4. The first-order chi connectivity index (χ1) is 16.4. The molecule has 0 fully saturated rings. The maximum Gasteiger partial charge on any atom is 0.0681 e. The number of nitrogens with zero attached hydrogens (tertiary/aromatic N) is 2. The third kappa shape index (κ3) is 19.0. The average Bonchev–Trinajstić information content (AvgIpc) is 2.79. The molecule has 34 heavy (non-hydrogen) atoms. The second-order valence-electron chi connectivity index (χ2n) is 10.3. The third-order valence-electron chi connectivity index (χ3n) is 6.65. The summed E-state index contributed by atoms with van der Waals surface area (Å²) in [7, 11) is 0. The van der Waals surface area contributed by atoms with Gasteiger partial charge in [0.15, 0.2) is 0 Å². The highest BCUT2D eigenvalue weighted by atomic mass is 16.3. The van der Waals surface area contributed by atoms with Gasteiger partial charge in [0.1, 0.15) is 0 Å². The van der Waals surface area contributed by atoms with Crippen LogP contribution < -0.4 is 0 Å². The van der Waals surface area contributed by atoms with Gasteiger partial charge in [0.25, 0.3) is 0 Å². The Morgan fingerprint density at radius 2 is 0.588 bits per heavy atom. The van der Waals surface area contributed by atoms with Gasteiger partial charge in [-0.3, -0.25) is 0 Å². The maximum atomic E-state index is 10.8. The molecule has 0 spiro atoms. The number of hydrazine groups is 1. The van der Waals surface area contributed by atoms with Gasteiger partial charge in [-0.15, -0.1) is 0 Å². The van der Waals surface area contributed by atoms with Crippen LogP contribution in [-0.4, -0.2) is 81.0 Å². The van der Waals surface area contributed by atoms with Crippen LogP contribution in [0.4, 0.5) is 0 Å². The van der Waals surface area contributed by atoms with E-state index in [4.69, 9.17) is 0 Å².